The van der Waals surface area contributed by atoms with Crippen molar-refractivity contribution in [1.29, 1.82) is 0 Å². The summed E-state index contributed by atoms with van der Waals surface area (Å²) in [6.07, 6.45) is 8.37. The van der Waals surface area contributed by atoms with E-state index in [2.05, 4.69) is 4.72 Å². The van der Waals surface area contributed by atoms with Crippen molar-refractivity contribution >= 4 is 10.0 Å². The minimum atomic E-state index is -3.45. The van der Waals surface area contributed by atoms with E-state index in [1.807, 2.05) is 12.1 Å². The van der Waals surface area contributed by atoms with Crippen LogP contribution in [0.4, 0.5) is 0 Å². The molecule has 0 aromatic heterocycles. The number of nitrogens with two attached hydrogens (primary N) is 1. The predicted octanol–water partition coefficient (Wildman–Crippen LogP) is 2.12. The van der Waals surface area contributed by atoms with Crippen LogP contribution in [0, 0.1) is 0 Å². The van der Waals surface area contributed by atoms with Gasteiger partial charge in [-0.15, -0.1) is 0 Å². The highest BCUT2D eigenvalue weighted by molar-refractivity contribution is 7.89. The second-order valence-electron chi connectivity index (χ2n) is 6.53. The van der Waals surface area contributed by atoms with Gasteiger partial charge in [-0.1, -0.05) is 25.3 Å². The molecule has 0 radical (unpaired) electrons. The van der Waals surface area contributed by atoms with Crippen molar-refractivity contribution in [3.05, 3.63) is 29.3 Å². The molecule has 0 spiro atoms. The van der Waals surface area contributed by atoms with Crippen molar-refractivity contribution in [2.45, 2.75) is 61.8 Å². The van der Waals surface area contributed by atoms with Crippen molar-refractivity contribution in [2.75, 3.05) is 6.54 Å². The molecule has 0 unspecified atom stereocenters. The second kappa shape index (κ2) is 5.71. The van der Waals surface area contributed by atoms with Crippen molar-refractivity contribution < 1.29 is 8.42 Å². The zero-order chi connectivity index (χ0) is 14.9. The molecule has 2 aliphatic rings. The number of nitrogens with one attached hydrogen (secondary N) is 1. The molecular formula is C16H24N2O2S. The van der Waals surface area contributed by atoms with Crippen LogP contribution in [0.15, 0.2) is 23.1 Å². The summed E-state index contributed by atoms with van der Waals surface area (Å²) in [5, 5.41) is 0. The third-order valence-corrected chi connectivity index (χ3v) is 6.24. The van der Waals surface area contributed by atoms with Crippen molar-refractivity contribution in [1.82, 2.24) is 4.72 Å². The van der Waals surface area contributed by atoms with E-state index in [0.717, 1.165) is 44.9 Å². The van der Waals surface area contributed by atoms with E-state index in [1.165, 1.54) is 17.5 Å². The first-order chi connectivity index (χ1) is 9.99. The highest BCUT2D eigenvalue weighted by Gasteiger charge is 2.29. The molecule has 4 nitrogen and oxygen atoms in total. The van der Waals surface area contributed by atoms with Gasteiger partial charge in [-0.25, -0.2) is 13.1 Å². The molecule has 116 valence electrons. The fourth-order valence-corrected chi connectivity index (χ4v) is 4.66. The summed E-state index contributed by atoms with van der Waals surface area (Å²) in [7, 11) is -3.45. The van der Waals surface area contributed by atoms with Crippen LogP contribution in [0.2, 0.25) is 0 Å². The molecule has 1 aromatic carbocycles. The maximum atomic E-state index is 12.5. The lowest BCUT2D eigenvalue weighted by molar-refractivity contribution is 0.296. The van der Waals surface area contributed by atoms with Gasteiger partial charge in [0.05, 0.1) is 4.90 Å². The summed E-state index contributed by atoms with van der Waals surface area (Å²) >= 11 is 0. The van der Waals surface area contributed by atoms with Gasteiger partial charge in [0.2, 0.25) is 10.0 Å². The van der Waals surface area contributed by atoms with E-state index in [4.69, 9.17) is 5.73 Å². The number of rotatable bonds is 4. The van der Waals surface area contributed by atoms with Crippen molar-refractivity contribution in [2.24, 2.45) is 5.73 Å². The van der Waals surface area contributed by atoms with E-state index in [0.29, 0.717) is 11.4 Å². The Morgan fingerprint density at radius 3 is 2.52 bits per heavy atom. The third-order valence-electron chi connectivity index (χ3n) is 4.84. The highest BCUT2D eigenvalue weighted by atomic mass is 32.2. The Morgan fingerprint density at radius 2 is 1.76 bits per heavy atom. The Labute approximate surface area is 127 Å². The molecule has 3 rings (SSSR count). The highest BCUT2D eigenvalue weighted by Crippen LogP contribution is 2.27. The molecule has 1 saturated carbocycles. The molecule has 21 heavy (non-hydrogen) atoms. The van der Waals surface area contributed by atoms with Gasteiger partial charge in [-0.3, -0.25) is 0 Å². The molecule has 0 heterocycles. The van der Waals surface area contributed by atoms with Crippen LogP contribution in [0.1, 0.15) is 49.7 Å². The Morgan fingerprint density at radius 1 is 1.05 bits per heavy atom. The molecule has 0 saturated heterocycles. The molecule has 0 amide bonds. The van der Waals surface area contributed by atoms with Gasteiger partial charge in [0, 0.05) is 12.1 Å². The number of hydrogen-bond donors (Lipinski definition) is 2. The SMILES string of the molecule is NC1(CNS(=O)(=O)c2ccc3c(c2)CCC3)CCCCC1. The Hall–Kier alpha value is -0.910. The quantitative estimate of drug-likeness (QED) is 0.895. The van der Waals surface area contributed by atoms with E-state index in [-0.39, 0.29) is 5.54 Å². The molecule has 2 aliphatic carbocycles. The van der Waals surface area contributed by atoms with Crippen LogP contribution < -0.4 is 10.5 Å². The number of sulfonamides is 1. The Kier molecular flexibility index (Phi) is 4.08. The van der Waals surface area contributed by atoms with E-state index in [1.54, 1.807) is 6.07 Å². The molecule has 0 atom stereocenters. The van der Waals surface area contributed by atoms with Gasteiger partial charge in [-0.05, 0) is 55.4 Å². The van der Waals surface area contributed by atoms with Crippen LogP contribution >= 0.6 is 0 Å². The number of fused-ring (bicyclic) bond motifs is 1. The minimum absolute atomic E-state index is 0.340. The zero-order valence-electron chi connectivity index (χ0n) is 12.4. The summed E-state index contributed by atoms with van der Waals surface area (Å²) in [5.74, 6) is 0. The smallest absolute Gasteiger partial charge is 0.240 e. The average Bonchev–Trinajstić information content (AvgIpc) is 2.94. The first-order valence-corrected chi connectivity index (χ1v) is 9.37. The van der Waals surface area contributed by atoms with Crippen LogP contribution in [-0.2, 0) is 22.9 Å². The van der Waals surface area contributed by atoms with Crippen molar-refractivity contribution in [3.63, 3.8) is 0 Å². The van der Waals surface area contributed by atoms with E-state index in [9.17, 15) is 8.42 Å². The molecule has 0 bridgehead atoms. The summed E-state index contributed by atoms with van der Waals surface area (Å²) in [5.41, 5.74) is 8.40. The van der Waals surface area contributed by atoms with Gasteiger partial charge in [0.15, 0.2) is 0 Å². The fourth-order valence-electron chi connectivity index (χ4n) is 3.47. The van der Waals surface area contributed by atoms with Crippen LogP contribution in [0.25, 0.3) is 0 Å². The largest absolute Gasteiger partial charge is 0.324 e. The third kappa shape index (κ3) is 3.30. The molecule has 5 heteroatoms. The van der Waals surface area contributed by atoms with Gasteiger partial charge in [0.1, 0.15) is 0 Å². The van der Waals surface area contributed by atoms with E-state index >= 15 is 0 Å². The number of benzene rings is 1. The molecule has 0 aliphatic heterocycles. The van der Waals surface area contributed by atoms with Crippen molar-refractivity contribution in [3.8, 4) is 0 Å². The standard InChI is InChI=1S/C16H24N2O2S/c17-16(9-2-1-3-10-16)12-18-21(19,20)15-8-7-13-5-4-6-14(13)11-15/h7-8,11,18H,1-6,9-10,12,17H2. The zero-order valence-corrected chi connectivity index (χ0v) is 13.2. The first-order valence-electron chi connectivity index (χ1n) is 7.89. The van der Waals surface area contributed by atoms with E-state index < -0.39 is 10.0 Å². The van der Waals surface area contributed by atoms with Crippen LogP contribution in [0.3, 0.4) is 0 Å². The van der Waals surface area contributed by atoms with Gasteiger partial charge in [0.25, 0.3) is 0 Å². The number of aryl methyl sites for hydroxylation is 2. The maximum Gasteiger partial charge on any atom is 0.240 e. The van der Waals surface area contributed by atoms with Crippen LogP contribution in [0.5, 0.6) is 0 Å². The molecule has 1 fully saturated rings. The Balaban J connectivity index is 1.72. The monoisotopic (exact) mass is 308 g/mol. The molecule has 3 N–H and O–H groups in total. The maximum absolute atomic E-state index is 12.5. The van der Waals surface area contributed by atoms with Gasteiger partial charge >= 0.3 is 0 Å². The summed E-state index contributed by atoms with van der Waals surface area (Å²) in [6, 6.07) is 5.50. The summed E-state index contributed by atoms with van der Waals surface area (Å²) in [4.78, 5) is 0.377. The lowest BCUT2D eigenvalue weighted by atomic mass is 9.83. The normalized spacial score (nSPS) is 21.2. The van der Waals surface area contributed by atoms with Gasteiger partial charge in [-0.2, -0.15) is 0 Å². The number of hydrogen-bond acceptors (Lipinski definition) is 3. The topological polar surface area (TPSA) is 72.2 Å². The molecule has 1 aromatic rings. The predicted molar refractivity (Wildman–Crippen MR) is 83.7 cm³/mol. The summed E-state index contributed by atoms with van der Waals surface area (Å²) in [6.45, 7) is 0.340. The lowest BCUT2D eigenvalue weighted by Gasteiger charge is -2.33. The van der Waals surface area contributed by atoms with Crippen LogP contribution in [-0.4, -0.2) is 20.5 Å². The first kappa shape index (κ1) is 15.0. The fraction of sp³-hybridized carbons (Fsp3) is 0.625. The average molecular weight is 308 g/mol. The summed E-state index contributed by atoms with van der Waals surface area (Å²) < 4.78 is 27.6. The van der Waals surface area contributed by atoms with Gasteiger partial charge < -0.3 is 5.73 Å². The Bertz CT molecular complexity index is 619. The second-order valence-corrected chi connectivity index (χ2v) is 8.30. The molecular weight excluding hydrogens is 284 g/mol. The lowest BCUT2D eigenvalue weighted by Crippen LogP contribution is -2.51. The minimum Gasteiger partial charge on any atom is -0.324 e.